The third kappa shape index (κ3) is 6.13. The Hall–Kier alpha value is -2.67. The number of halogens is 2. The minimum absolute atomic E-state index is 0.129. The number of carbonyl (C=O) groups is 1. The van der Waals surface area contributed by atoms with Gasteiger partial charge in [0.2, 0.25) is 0 Å². The van der Waals surface area contributed by atoms with Crippen molar-refractivity contribution in [1.82, 2.24) is 9.55 Å². The summed E-state index contributed by atoms with van der Waals surface area (Å²) in [5.41, 5.74) is -4.28. The van der Waals surface area contributed by atoms with Crippen LogP contribution in [0.15, 0.2) is 50.9 Å². The molecular formula is C20H22ClFN3O9P. The molecule has 7 atom stereocenters. The number of benzene rings is 1. The number of hydrogen-bond donors (Lipinski definition) is 2. The number of carbonyl (C=O) groups excluding carboxylic acids is 1. The van der Waals surface area contributed by atoms with Crippen LogP contribution in [0.4, 0.5) is 4.39 Å². The van der Waals surface area contributed by atoms with E-state index in [0.717, 1.165) is 30.9 Å². The Kier molecular flexibility index (Phi) is 8.42. The number of ether oxygens (including phenoxy) is 3. The van der Waals surface area contributed by atoms with Crippen LogP contribution in [-0.4, -0.2) is 57.9 Å². The summed E-state index contributed by atoms with van der Waals surface area (Å²) in [5, 5.41) is 11.1. The van der Waals surface area contributed by atoms with Gasteiger partial charge in [-0.2, -0.15) is 0 Å². The van der Waals surface area contributed by atoms with Gasteiger partial charge in [0.1, 0.15) is 11.9 Å². The number of aliphatic hydroxyl groups is 1. The number of esters is 1. The summed E-state index contributed by atoms with van der Waals surface area (Å²) in [7, 11) is -1.83. The van der Waals surface area contributed by atoms with E-state index in [9.17, 15) is 24.4 Å². The SMILES string of the molecule is COC(=O)[C@H](C)/N=[P+](\[O-])OC(Oc1ccc(Cl)cc1)[C@@H]1OC(n2ccc(=O)[nH]c2=O)[C@](C)(F)[C@@H]1O. The van der Waals surface area contributed by atoms with Crippen molar-refractivity contribution in [2.45, 2.75) is 50.3 Å². The topological polar surface area (TPSA) is 164 Å². The van der Waals surface area contributed by atoms with Crippen molar-refractivity contribution in [2.75, 3.05) is 7.11 Å². The van der Waals surface area contributed by atoms with Crippen LogP contribution in [0.5, 0.6) is 5.75 Å². The van der Waals surface area contributed by atoms with Crippen LogP contribution in [0, 0.1) is 0 Å². The molecule has 0 radical (unpaired) electrons. The number of nitrogens with zero attached hydrogens (tertiary/aromatic N) is 2. The van der Waals surface area contributed by atoms with E-state index in [-0.39, 0.29) is 5.75 Å². The predicted molar refractivity (Wildman–Crippen MR) is 119 cm³/mol. The normalized spacial score (nSPS) is 26.3. The van der Waals surface area contributed by atoms with Gasteiger partial charge in [0.15, 0.2) is 24.0 Å². The number of methoxy groups -OCH3 is 1. The summed E-state index contributed by atoms with van der Waals surface area (Å²) in [6.07, 6.45) is -6.02. The number of aliphatic hydroxyl groups excluding tert-OH is 1. The molecule has 2 N–H and O–H groups in total. The van der Waals surface area contributed by atoms with E-state index in [4.69, 9.17) is 25.6 Å². The Morgan fingerprint density at radius 2 is 2.03 bits per heavy atom. The van der Waals surface area contributed by atoms with Crippen LogP contribution < -0.4 is 20.9 Å². The molecule has 0 amide bonds. The van der Waals surface area contributed by atoms with Gasteiger partial charge in [0, 0.05) is 17.3 Å². The minimum atomic E-state index is -2.95. The molecule has 1 aliphatic heterocycles. The molecule has 12 nitrogen and oxygen atoms in total. The maximum absolute atomic E-state index is 15.6. The molecule has 2 aromatic rings. The summed E-state index contributed by atoms with van der Waals surface area (Å²) < 4.78 is 41.1. The average molecular weight is 534 g/mol. The van der Waals surface area contributed by atoms with Crippen LogP contribution >= 0.6 is 19.8 Å². The van der Waals surface area contributed by atoms with E-state index < -0.39 is 61.8 Å². The Balaban J connectivity index is 1.95. The standard InChI is InChI=1S/C20H22ClFN3O9P/c1-10(16(28)31-3)24-35(30)34-17(32-12-6-4-11(21)5-7-12)14-15(27)20(2,22)18(33-14)25-9-8-13(26)23-19(25)29/h4-10,14-15,17-18,27H,1-3H3,(H,23,26,29)/t10-,14+,15+,17?,18?,20+/m0/s1. The molecule has 3 rings (SSSR count). The number of aromatic amines is 1. The van der Waals surface area contributed by atoms with Crippen molar-refractivity contribution >= 4 is 25.7 Å². The van der Waals surface area contributed by atoms with Crippen LogP contribution in [0.25, 0.3) is 0 Å². The number of H-pyrrole nitrogens is 1. The Morgan fingerprint density at radius 1 is 1.37 bits per heavy atom. The van der Waals surface area contributed by atoms with Gasteiger partial charge in [0.25, 0.3) is 11.8 Å². The molecule has 0 spiro atoms. The zero-order valence-corrected chi connectivity index (χ0v) is 20.3. The third-order valence-corrected chi connectivity index (χ3v) is 6.28. The monoisotopic (exact) mass is 533 g/mol. The lowest BCUT2D eigenvalue weighted by Crippen LogP contribution is -2.46. The first-order valence-corrected chi connectivity index (χ1v) is 11.6. The molecular weight excluding hydrogens is 512 g/mol. The molecule has 1 saturated heterocycles. The molecule has 1 aromatic carbocycles. The fourth-order valence-electron chi connectivity index (χ4n) is 3.26. The molecule has 2 heterocycles. The van der Waals surface area contributed by atoms with Gasteiger partial charge in [-0.05, 0) is 38.1 Å². The van der Waals surface area contributed by atoms with E-state index >= 15 is 4.39 Å². The van der Waals surface area contributed by atoms with Crippen LogP contribution in [0.2, 0.25) is 5.02 Å². The van der Waals surface area contributed by atoms with Gasteiger partial charge in [-0.1, -0.05) is 16.3 Å². The van der Waals surface area contributed by atoms with E-state index in [1.165, 1.54) is 31.2 Å². The Labute approximate surface area is 203 Å². The molecule has 1 fully saturated rings. The van der Waals surface area contributed by atoms with Crippen molar-refractivity contribution in [1.29, 1.82) is 0 Å². The smallest absolute Gasteiger partial charge is 0.346 e. The van der Waals surface area contributed by atoms with Crippen LogP contribution in [-0.2, 0) is 18.8 Å². The average Bonchev–Trinajstić information content (AvgIpc) is 3.03. The molecule has 0 aliphatic carbocycles. The van der Waals surface area contributed by atoms with Gasteiger partial charge >= 0.3 is 19.8 Å². The number of hydrogen-bond acceptors (Lipinski definition) is 10. The molecule has 35 heavy (non-hydrogen) atoms. The first kappa shape index (κ1) is 26.9. The fraction of sp³-hybridized carbons (Fsp3) is 0.450. The highest BCUT2D eigenvalue weighted by Crippen LogP contribution is 2.43. The van der Waals surface area contributed by atoms with Crippen molar-refractivity contribution in [3.05, 3.63) is 62.4 Å². The lowest BCUT2D eigenvalue weighted by Gasteiger charge is -2.25. The second-order valence-electron chi connectivity index (χ2n) is 7.66. The van der Waals surface area contributed by atoms with E-state index in [1.807, 2.05) is 4.98 Å². The first-order chi connectivity index (χ1) is 16.4. The van der Waals surface area contributed by atoms with Crippen molar-refractivity contribution in [3.63, 3.8) is 0 Å². The highest BCUT2D eigenvalue weighted by atomic mass is 35.5. The van der Waals surface area contributed by atoms with Gasteiger partial charge in [0.05, 0.1) is 7.11 Å². The van der Waals surface area contributed by atoms with Crippen LogP contribution in [0.1, 0.15) is 20.1 Å². The fourth-order valence-corrected chi connectivity index (χ4v) is 4.16. The number of nitrogens with one attached hydrogen (secondary N) is 1. The van der Waals surface area contributed by atoms with Crippen LogP contribution in [0.3, 0.4) is 0 Å². The molecule has 0 saturated carbocycles. The number of alkyl halides is 1. The second kappa shape index (κ2) is 10.9. The largest absolute Gasteiger partial charge is 0.583 e. The molecule has 15 heteroatoms. The lowest BCUT2D eigenvalue weighted by atomic mass is 9.98. The quantitative estimate of drug-likeness (QED) is 0.286. The van der Waals surface area contributed by atoms with Gasteiger partial charge < -0.3 is 24.2 Å². The summed E-state index contributed by atoms with van der Waals surface area (Å²) >= 11 is 5.87. The maximum Gasteiger partial charge on any atom is 0.346 e. The summed E-state index contributed by atoms with van der Waals surface area (Å²) in [5.74, 6) is -0.650. The molecule has 190 valence electrons. The summed E-state index contributed by atoms with van der Waals surface area (Å²) in [4.78, 5) is 49.7. The van der Waals surface area contributed by atoms with Gasteiger partial charge in [-0.3, -0.25) is 14.3 Å². The molecule has 0 bridgehead atoms. The van der Waals surface area contributed by atoms with Gasteiger partial charge in [-0.15, -0.1) is 4.52 Å². The highest BCUT2D eigenvalue weighted by molar-refractivity contribution is 7.33. The van der Waals surface area contributed by atoms with Gasteiger partial charge in [-0.25, -0.2) is 14.0 Å². The number of rotatable bonds is 8. The lowest BCUT2D eigenvalue weighted by molar-refractivity contribution is -0.206. The first-order valence-electron chi connectivity index (χ1n) is 10.1. The Morgan fingerprint density at radius 3 is 2.63 bits per heavy atom. The highest BCUT2D eigenvalue weighted by Gasteiger charge is 2.59. The zero-order valence-electron chi connectivity index (χ0n) is 18.7. The minimum Gasteiger partial charge on any atom is -0.583 e. The second-order valence-corrected chi connectivity index (χ2v) is 9.02. The Bertz CT molecular complexity index is 1200. The predicted octanol–water partition coefficient (Wildman–Crippen LogP) is 1.02. The van der Waals surface area contributed by atoms with Crippen molar-refractivity contribution < 1.29 is 37.9 Å². The molecule has 3 unspecified atom stereocenters. The zero-order chi connectivity index (χ0) is 25.9. The van der Waals surface area contributed by atoms with E-state index in [0.29, 0.717) is 5.02 Å². The number of aromatic nitrogens is 2. The summed E-state index contributed by atoms with van der Waals surface area (Å²) in [6.45, 7) is 2.29. The molecule has 1 aromatic heterocycles. The maximum atomic E-state index is 15.6. The third-order valence-electron chi connectivity index (χ3n) is 5.10. The van der Waals surface area contributed by atoms with Crippen molar-refractivity contribution in [2.24, 2.45) is 4.74 Å². The summed E-state index contributed by atoms with van der Waals surface area (Å²) in [6, 6.07) is 5.63. The molecule has 1 aliphatic rings. The van der Waals surface area contributed by atoms with E-state index in [2.05, 4.69) is 9.48 Å². The van der Waals surface area contributed by atoms with Crippen molar-refractivity contribution in [3.8, 4) is 5.75 Å². The van der Waals surface area contributed by atoms with E-state index in [1.54, 1.807) is 0 Å².